The van der Waals surface area contributed by atoms with E-state index >= 15 is 0 Å². The second-order valence-corrected chi connectivity index (χ2v) is 9.65. The van der Waals surface area contributed by atoms with Gasteiger partial charge in [0.05, 0.1) is 30.9 Å². The number of aromatic nitrogens is 3. The maximum Gasteiger partial charge on any atom is 0.150 e. The molecule has 3 aromatic heterocycles. The molecule has 0 spiro atoms. The average Bonchev–Trinajstić information content (AvgIpc) is 3.60. The van der Waals surface area contributed by atoms with Crippen molar-refractivity contribution in [2.45, 2.75) is 6.04 Å². The molecule has 7 nitrogen and oxygen atoms in total. The van der Waals surface area contributed by atoms with Crippen molar-refractivity contribution >= 4 is 32.8 Å². The fourth-order valence-electron chi connectivity index (χ4n) is 4.80. The van der Waals surface area contributed by atoms with Crippen LogP contribution in [0, 0.1) is 0 Å². The smallest absolute Gasteiger partial charge is 0.150 e. The van der Waals surface area contributed by atoms with Crippen molar-refractivity contribution in [3.05, 3.63) is 95.8 Å². The molecule has 1 aliphatic rings. The molecule has 1 N–H and O–H groups in total. The fraction of sp³-hybridized carbons (Fsp3) is 0.214. The van der Waals surface area contributed by atoms with Gasteiger partial charge >= 0.3 is 0 Å². The first-order chi connectivity index (χ1) is 17.8. The third-order valence-electron chi connectivity index (χ3n) is 6.59. The Labute approximate surface area is 217 Å². The van der Waals surface area contributed by atoms with Crippen molar-refractivity contribution in [2.24, 2.45) is 0 Å². The van der Waals surface area contributed by atoms with Gasteiger partial charge in [-0.3, -0.25) is 4.90 Å². The van der Waals surface area contributed by atoms with Crippen LogP contribution < -0.4 is 5.32 Å². The number of anilines is 1. The number of halogens is 1. The van der Waals surface area contributed by atoms with Crippen LogP contribution in [-0.2, 0) is 4.74 Å². The molecule has 0 saturated carbocycles. The highest BCUT2D eigenvalue weighted by Crippen LogP contribution is 2.36. The van der Waals surface area contributed by atoms with E-state index in [1.54, 1.807) is 12.6 Å². The number of morpholine rings is 1. The molecule has 1 aliphatic heterocycles. The lowest BCUT2D eigenvalue weighted by Crippen LogP contribution is -2.41. The van der Waals surface area contributed by atoms with Crippen LogP contribution in [0.1, 0.15) is 11.8 Å². The van der Waals surface area contributed by atoms with E-state index in [1.165, 1.54) is 0 Å². The Morgan fingerprint density at radius 2 is 1.75 bits per heavy atom. The highest BCUT2D eigenvalue weighted by molar-refractivity contribution is 9.10. The molecular formula is C28H26BrN5O2. The highest BCUT2D eigenvalue weighted by Gasteiger charge is 2.26. The molecule has 0 aliphatic carbocycles. The van der Waals surface area contributed by atoms with Crippen molar-refractivity contribution in [1.82, 2.24) is 19.4 Å². The summed E-state index contributed by atoms with van der Waals surface area (Å²) in [6.07, 6.45) is 5.51. The number of furan rings is 1. The molecule has 1 atom stereocenters. The minimum Gasteiger partial charge on any atom is -0.468 e. The summed E-state index contributed by atoms with van der Waals surface area (Å²) in [4.78, 5) is 11.8. The molecule has 182 valence electrons. The van der Waals surface area contributed by atoms with Crippen molar-refractivity contribution in [2.75, 3.05) is 38.2 Å². The SMILES string of the molecule is Brc1ccc(-n2cc(-c3ccccc3)c3c(NC[C@H](c4ccco4)N4CCOCC4)ncnc32)cc1. The number of benzene rings is 2. The molecule has 8 heteroatoms. The number of hydrogen-bond donors (Lipinski definition) is 1. The summed E-state index contributed by atoms with van der Waals surface area (Å²) >= 11 is 3.54. The van der Waals surface area contributed by atoms with Crippen LogP contribution in [0.25, 0.3) is 27.8 Å². The van der Waals surface area contributed by atoms with Gasteiger partial charge in [-0.05, 0) is 42.0 Å². The van der Waals surface area contributed by atoms with Gasteiger partial charge in [-0.25, -0.2) is 9.97 Å². The molecule has 0 unspecified atom stereocenters. The zero-order valence-corrected chi connectivity index (χ0v) is 21.3. The number of rotatable bonds is 7. The van der Waals surface area contributed by atoms with Gasteiger partial charge in [0.2, 0.25) is 0 Å². The van der Waals surface area contributed by atoms with E-state index in [9.17, 15) is 0 Å². The number of fused-ring (bicyclic) bond motifs is 1. The van der Waals surface area contributed by atoms with Crippen LogP contribution in [0.15, 0.2) is 94.4 Å². The topological polar surface area (TPSA) is 68.4 Å². The van der Waals surface area contributed by atoms with E-state index in [0.29, 0.717) is 6.54 Å². The molecule has 0 radical (unpaired) electrons. The number of nitrogens with one attached hydrogen (secondary N) is 1. The van der Waals surface area contributed by atoms with Crippen LogP contribution >= 0.6 is 15.9 Å². The monoisotopic (exact) mass is 543 g/mol. The molecule has 0 amide bonds. The number of ether oxygens (including phenoxy) is 1. The first-order valence-electron chi connectivity index (χ1n) is 12.0. The predicted octanol–water partition coefficient (Wildman–Crippen LogP) is 5.93. The number of hydrogen-bond acceptors (Lipinski definition) is 6. The van der Waals surface area contributed by atoms with Gasteiger partial charge in [0, 0.05) is 41.6 Å². The Morgan fingerprint density at radius 1 is 0.944 bits per heavy atom. The van der Waals surface area contributed by atoms with Gasteiger partial charge in [-0.15, -0.1) is 0 Å². The zero-order valence-electron chi connectivity index (χ0n) is 19.7. The van der Waals surface area contributed by atoms with Crippen molar-refractivity contribution < 1.29 is 9.15 Å². The molecule has 2 aromatic carbocycles. The summed E-state index contributed by atoms with van der Waals surface area (Å²) in [5, 5.41) is 4.64. The maximum atomic E-state index is 5.83. The van der Waals surface area contributed by atoms with Gasteiger partial charge in [-0.1, -0.05) is 46.3 Å². The van der Waals surface area contributed by atoms with Gasteiger partial charge in [0.1, 0.15) is 17.9 Å². The Bertz CT molecular complexity index is 1430. The van der Waals surface area contributed by atoms with Gasteiger partial charge < -0.3 is 19.0 Å². The van der Waals surface area contributed by atoms with Crippen LogP contribution in [0.3, 0.4) is 0 Å². The van der Waals surface area contributed by atoms with Gasteiger partial charge in [-0.2, -0.15) is 0 Å². The standard InChI is InChI=1S/C28H26BrN5O2/c29-21-8-10-22(11-9-21)34-18-23(20-5-2-1-3-6-20)26-27(31-19-32-28(26)34)30-17-24(25-7-4-14-36-25)33-12-15-35-16-13-33/h1-11,14,18-19,24H,12-13,15-17H2,(H,30,31,32)/t24-/m1/s1. The summed E-state index contributed by atoms with van der Waals surface area (Å²) < 4.78 is 14.6. The van der Waals surface area contributed by atoms with Crippen molar-refractivity contribution in [3.63, 3.8) is 0 Å². The lowest BCUT2D eigenvalue weighted by atomic mass is 10.1. The quantitative estimate of drug-likeness (QED) is 0.274. The molecular weight excluding hydrogens is 518 g/mol. The van der Waals surface area contributed by atoms with Crippen LogP contribution in [-0.4, -0.2) is 52.3 Å². The van der Waals surface area contributed by atoms with E-state index in [1.807, 2.05) is 30.3 Å². The first kappa shape index (κ1) is 23.0. The lowest BCUT2D eigenvalue weighted by molar-refractivity contribution is 0.0144. The lowest BCUT2D eigenvalue weighted by Gasteiger charge is -2.33. The predicted molar refractivity (Wildman–Crippen MR) is 144 cm³/mol. The highest BCUT2D eigenvalue weighted by atomic mass is 79.9. The van der Waals surface area contributed by atoms with E-state index in [-0.39, 0.29) is 6.04 Å². The Balaban J connectivity index is 1.42. The third kappa shape index (κ3) is 4.55. The second-order valence-electron chi connectivity index (χ2n) is 8.74. The van der Waals surface area contributed by atoms with Crippen molar-refractivity contribution in [1.29, 1.82) is 0 Å². The summed E-state index contributed by atoms with van der Waals surface area (Å²) in [7, 11) is 0. The molecule has 1 saturated heterocycles. The van der Waals surface area contributed by atoms with E-state index in [0.717, 1.165) is 70.2 Å². The fourth-order valence-corrected chi connectivity index (χ4v) is 5.07. The molecule has 36 heavy (non-hydrogen) atoms. The summed E-state index contributed by atoms with van der Waals surface area (Å²) in [5.74, 6) is 1.74. The van der Waals surface area contributed by atoms with Crippen LogP contribution in [0.4, 0.5) is 5.82 Å². The summed E-state index contributed by atoms with van der Waals surface area (Å²) in [6, 6.07) is 22.7. The molecule has 5 aromatic rings. The van der Waals surface area contributed by atoms with E-state index < -0.39 is 0 Å². The Kier molecular flexibility index (Phi) is 6.55. The van der Waals surface area contributed by atoms with E-state index in [4.69, 9.17) is 19.1 Å². The van der Waals surface area contributed by atoms with E-state index in [2.05, 4.69) is 73.3 Å². The summed E-state index contributed by atoms with van der Waals surface area (Å²) in [6.45, 7) is 3.83. The van der Waals surface area contributed by atoms with Crippen LogP contribution in [0.2, 0.25) is 0 Å². The molecule has 4 heterocycles. The summed E-state index contributed by atoms with van der Waals surface area (Å²) in [5.41, 5.74) is 4.09. The van der Waals surface area contributed by atoms with Gasteiger partial charge in [0.25, 0.3) is 0 Å². The minimum atomic E-state index is 0.0719. The third-order valence-corrected chi connectivity index (χ3v) is 7.12. The van der Waals surface area contributed by atoms with Crippen LogP contribution in [0.5, 0.6) is 0 Å². The second kappa shape index (κ2) is 10.3. The van der Waals surface area contributed by atoms with Gasteiger partial charge in [0.15, 0.2) is 5.65 Å². The number of nitrogens with zero attached hydrogens (tertiary/aromatic N) is 4. The largest absolute Gasteiger partial charge is 0.468 e. The Hall–Kier alpha value is -3.46. The van der Waals surface area contributed by atoms with Crippen molar-refractivity contribution in [3.8, 4) is 16.8 Å². The first-order valence-corrected chi connectivity index (χ1v) is 12.8. The zero-order chi connectivity index (χ0) is 24.3. The molecule has 1 fully saturated rings. The molecule has 0 bridgehead atoms. The average molecular weight is 544 g/mol. The Morgan fingerprint density at radius 3 is 2.50 bits per heavy atom. The normalized spacial score (nSPS) is 15.2. The maximum absolute atomic E-state index is 5.83. The molecule has 6 rings (SSSR count). The minimum absolute atomic E-state index is 0.0719.